The van der Waals surface area contributed by atoms with Gasteiger partial charge in [0.1, 0.15) is 0 Å². The molecule has 1 rings (SSSR count). The predicted molar refractivity (Wildman–Crippen MR) is 72.8 cm³/mol. The zero-order chi connectivity index (χ0) is 14.1. The number of nitrogens with zero attached hydrogens (tertiary/aromatic N) is 2. The number of hydrogen-bond acceptors (Lipinski definition) is 4. The average molecular weight is 264 g/mol. The zero-order valence-corrected chi connectivity index (χ0v) is 11.3. The first-order valence-electron chi connectivity index (χ1n) is 6.19. The van der Waals surface area contributed by atoms with Crippen LogP contribution in [-0.4, -0.2) is 55.4 Å². The third-order valence-electron chi connectivity index (χ3n) is 2.44. The van der Waals surface area contributed by atoms with Gasteiger partial charge in [0.2, 0.25) is 5.91 Å². The summed E-state index contributed by atoms with van der Waals surface area (Å²) in [5, 5.41) is 5.30. The zero-order valence-electron chi connectivity index (χ0n) is 11.3. The molecule has 0 fully saturated rings. The minimum absolute atomic E-state index is 0.0182. The number of hydrogen-bond donors (Lipinski definition) is 2. The van der Waals surface area contributed by atoms with Crippen molar-refractivity contribution in [1.82, 2.24) is 20.5 Å². The molecule has 0 bridgehead atoms. The van der Waals surface area contributed by atoms with Gasteiger partial charge in [-0.2, -0.15) is 0 Å². The molecule has 0 aliphatic rings. The number of pyridine rings is 1. The van der Waals surface area contributed by atoms with Crippen molar-refractivity contribution < 1.29 is 9.59 Å². The van der Waals surface area contributed by atoms with Crippen molar-refractivity contribution in [2.45, 2.75) is 6.42 Å². The second kappa shape index (κ2) is 8.20. The van der Waals surface area contributed by atoms with Crippen molar-refractivity contribution in [1.29, 1.82) is 0 Å². The van der Waals surface area contributed by atoms with Crippen molar-refractivity contribution >= 4 is 11.8 Å². The summed E-state index contributed by atoms with van der Waals surface area (Å²) in [5.74, 6) is -0.479. The first kappa shape index (κ1) is 15.1. The van der Waals surface area contributed by atoms with Gasteiger partial charge in [0.15, 0.2) is 0 Å². The van der Waals surface area contributed by atoms with E-state index in [1.165, 1.54) is 6.20 Å². The summed E-state index contributed by atoms with van der Waals surface area (Å²) in [6, 6.07) is 3.33. The van der Waals surface area contributed by atoms with Gasteiger partial charge in [-0.05, 0) is 39.2 Å². The lowest BCUT2D eigenvalue weighted by Crippen LogP contribution is -2.37. The van der Waals surface area contributed by atoms with E-state index in [2.05, 4.69) is 20.5 Å². The summed E-state index contributed by atoms with van der Waals surface area (Å²) in [4.78, 5) is 29.0. The molecule has 6 nitrogen and oxygen atoms in total. The Hall–Kier alpha value is -1.95. The fraction of sp³-hybridized carbons (Fsp3) is 0.462. The molecule has 0 atom stereocenters. The third-order valence-corrected chi connectivity index (χ3v) is 2.44. The van der Waals surface area contributed by atoms with E-state index in [0.29, 0.717) is 12.1 Å². The Bertz CT molecular complexity index is 406. The van der Waals surface area contributed by atoms with E-state index in [0.717, 1.165) is 13.0 Å². The second-order valence-corrected chi connectivity index (χ2v) is 4.43. The molecular formula is C13H20N4O2. The number of carbonyl (C=O) groups is 2. The van der Waals surface area contributed by atoms with E-state index in [1.54, 1.807) is 18.3 Å². The van der Waals surface area contributed by atoms with E-state index in [-0.39, 0.29) is 18.4 Å². The van der Waals surface area contributed by atoms with Crippen molar-refractivity contribution in [3.8, 4) is 0 Å². The van der Waals surface area contributed by atoms with Crippen LogP contribution >= 0.6 is 0 Å². The van der Waals surface area contributed by atoms with E-state index in [9.17, 15) is 9.59 Å². The summed E-state index contributed by atoms with van der Waals surface area (Å²) in [7, 11) is 3.96. The van der Waals surface area contributed by atoms with Crippen LogP contribution in [0.25, 0.3) is 0 Å². The van der Waals surface area contributed by atoms with Crippen LogP contribution in [-0.2, 0) is 4.79 Å². The molecule has 6 heteroatoms. The molecule has 2 amide bonds. The van der Waals surface area contributed by atoms with Crippen molar-refractivity contribution in [3.05, 3.63) is 30.1 Å². The van der Waals surface area contributed by atoms with Crippen molar-refractivity contribution in [2.75, 3.05) is 33.7 Å². The fourth-order valence-corrected chi connectivity index (χ4v) is 1.45. The lowest BCUT2D eigenvalue weighted by Gasteiger charge is -2.10. The predicted octanol–water partition coefficient (Wildman–Crippen LogP) is -0.121. The Morgan fingerprint density at radius 1 is 1.32 bits per heavy atom. The van der Waals surface area contributed by atoms with Crippen LogP contribution in [0.4, 0.5) is 0 Å². The van der Waals surface area contributed by atoms with E-state index in [4.69, 9.17) is 0 Å². The highest BCUT2D eigenvalue weighted by molar-refractivity contribution is 5.96. The monoisotopic (exact) mass is 264 g/mol. The number of carbonyl (C=O) groups excluding carboxylic acids is 2. The van der Waals surface area contributed by atoms with Gasteiger partial charge >= 0.3 is 0 Å². The van der Waals surface area contributed by atoms with Gasteiger partial charge in [-0.25, -0.2) is 0 Å². The average Bonchev–Trinajstić information content (AvgIpc) is 2.41. The molecule has 1 aromatic rings. The Kier molecular flexibility index (Phi) is 6.52. The van der Waals surface area contributed by atoms with Gasteiger partial charge < -0.3 is 15.5 Å². The maximum Gasteiger partial charge on any atom is 0.253 e. The number of rotatable bonds is 7. The van der Waals surface area contributed by atoms with E-state index >= 15 is 0 Å². The topological polar surface area (TPSA) is 74.3 Å². The smallest absolute Gasteiger partial charge is 0.253 e. The molecule has 19 heavy (non-hydrogen) atoms. The van der Waals surface area contributed by atoms with Crippen LogP contribution in [0, 0.1) is 0 Å². The Balaban J connectivity index is 2.18. The molecule has 0 aromatic carbocycles. The third kappa shape index (κ3) is 6.52. The Labute approximate surface area is 113 Å². The fourth-order valence-electron chi connectivity index (χ4n) is 1.45. The highest BCUT2D eigenvalue weighted by atomic mass is 16.2. The summed E-state index contributed by atoms with van der Waals surface area (Å²) >= 11 is 0. The van der Waals surface area contributed by atoms with Crippen LogP contribution < -0.4 is 10.6 Å². The summed E-state index contributed by atoms with van der Waals surface area (Å²) in [5.41, 5.74) is 0.447. The summed E-state index contributed by atoms with van der Waals surface area (Å²) in [6.45, 7) is 1.51. The van der Waals surface area contributed by atoms with Crippen LogP contribution in [0.5, 0.6) is 0 Å². The largest absolute Gasteiger partial charge is 0.355 e. The van der Waals surface area contributed by atoms with E-state index in [1.807, 2.05) is 14.1 Å². The lowest BCUT2D eigenvalue weighted by atomic mass is 10.3. The molecule has 0 aliphatic heterocycles. The van der Waals surface area contributed by atoms with Gasteiger partial charge in [0.25, 0.3) is 5.91 Å². The first-order chi connectivity index (χ1) is 9.09. The second-order valence-electron chi connectivity index (χ2n) is 4.43. The van der Waals surface area contributed by atoms with Crippen molar-refractivity contribution in [3.63, 3.8) is 0 Å². The quantitative estimate of drug-likeness (QED) is 0.673. The van der Waals surface area contributed by atoms with Gasteiger partial charge in [0, 0.05) is 18.9 Å². The minimum Gasteiger partial charge on any atom is -0.355 e. The lowest BCUT2D eigenvalue weighted by molar-refractivity contribution is -0.120. The molecule has 104 valence electrons. The van der Waals surface area contributed by atoms with Crippen LogP contribution in [0.2, 0.25) is 0 Å². The number of nitrogens with one attached hydrogen (secondary N) is 2. The number of amides is 2. The maximum atomic E-state index is 11.6. The van der Waals surface area contributed by atoms with Crippen LogP contribution in [0.1, 0.15) is 16.8 Å². The number of aromatic nitrogens is 1. The summed E-state index contributed by atoms with van der Waals surface area (Å²) in [6.07, 6.45) is 3.94. The molecule has 0 aliphatic carbocycles. The molecule has 0 saturated heterocycles. The molecule has 1 heterocycles. The van der Waals surface area contributed by atoms with Crippen molar-refractivity contribution in [2.24, 2.45) is 0 Å². The molecule has 2 N–H and O–H groups in total. The normalized spacial score (nSPS) is 10.3. The van der Waals surface area contributed by atoms with Crippen LogP contribution in [0.3, 0.4) is 0 Å². The molecule has 1 aromatic heterocycles. The minimum atomic E-state index is -0.295. The Morgan fingerprint density at radius 2 is 2.11 bits per heavy atom. The maximum absolute atomic E-state index is 11.6. The van der Waals surface area contributed by atoms with Gasteiger partial charge in [-0.3, -0.25) is 14.6 Å². The first-order valence-corrected chi connectivity index (χ1v) is 6.19. The van der Waals surface area contributed by atoms with Gasteiger partial charge in [-0.15, -0.1) is 0 Å². The SMILES string of the molecule is CN(C)CCCNC(=O)CNC(=O)c1cccnc1. The Morgan fingerprint density at radius 3 is 2.74 bits per heavy atom. The molecule has 0 unspecified atom stereocenters. The molecule has 0 radical (unpaired) electrons. The van der Waals surface area contributed by atoms with Gasteiger partial charge in [0.05, 0.1) is 12.1 Å². The highest BCUT2D eigenvalue weighted by Crippen LogP contribution is 1.94. The van der Waals surface area contributed by atoms with Crippen LogP contribution in [0.15, 0.2) is 24.5 Å². The standard InChI is InChI=1S/C13H20N4O2/c1-17(2)8-4-7-15-12(18)10-16-13(19)11-5-3-6-14-9-11/h3,5-6,9H,4,7-8,10H2,1-2H3,(H,15,18)(H,16,19). The molecular weight excluding hydrogens is 244 g/mol. The molecule has 0 saturated carbocycles. The highest BCUT2D eigenvalue weighted by Gasteiger charge is 2.07. The molecule has 0 spiro atoms. The van der Waals surface area contributed by atoms with E-state index < -0.39 is 0 Å². The summed E-state index contributed by atoms with van der Waals surface area (Å²) < 4.78 is 0. The van der Waals surface area contributed by atoms with Gasteiger partial charge in [-0.1, -0.05) is 0 Å².